The number of aryl methyl sites for hydroxylation is 1. The number of hydrogen-bond acceptors (Lipinski definition) is 6. The van der Waals surface area contributed by atoms with Gasteiger partial charge in [0.05, 0.1) is 11.6 Å². The summed E-state index contributed by atoms with van der Waals surface area (Å²) in [6.07, 6.45) is 5.23. The second kappa shape index (κ2) is 7.88. The molecule has 0 saturated carbocycles. The maximum Gasteiger partial charge on any atom is 0.163 e. The lowest BCUT2D eigenvalue weighted by Gasteiger charge is -2.31. The number of likely N-dealkylation sites (tertiary alicyclic amines) is 1. The van der Waals surface area contributed by atoms with Crippen molar-refractivity contribution in [3.05, 3.63) is 12.0 Å². The molecule has 0 amide bonds. The Bertz CT molecular complexity index is 735. The number of nitrogens with one attached hydrogen (secondary N) is 1. The van der Waals surface area contributed by atoms with E-state index in [1.54, 1.807) is 4.68 Å². The summed E-state index contributed by atoms with van der Waals surface area (Å²) in [6.45, 7) is 10.8. The van der Waals surface area contributed by atoms with Crippen LogP contribution < -0.4 is 5.32 Å². The van der Waals surface area contributed by atoms with E-state index in [0.29, 0.717) is 12.5 Å². The highest BCUT2D eigenvalue weighted by molar-refractivity contribution is 5.86. The van der Waals surface area contributed by atoms with Crippen LogP contribution in [0.2, 0.25) is 0 Å². The van der Waals surface area contributed by atoms with Gasteiger partial charge in [-0.2, -0.15) is 5.10 Å². The van der Waals surface area contributed by atoms with Crippen LogP contribution in [0.4, 0.5) is 5.82 Å². The van der Waals surface area contributed by atoms with Crippen LogP contribution in [0, 0.1) is 5.92 Å². The molecule has 3 heterocycles. The molecule has 1 atom stereocenters. The molecule has 1 aliphatic rings. The van der Waals surface area contributed by atoms with Gasteiger partial charge in [-0.15, -0.1) is 0 Å². The van der Waals surface area contributed by atoms with E-state index in [2.05, 4.69) is 36.1 Å². The molecule has 0 spiro atoms. The van der Waals surface area contributed by atoms with Crippen LogP contribution in [0.15, 0.2) is 6.20 Å². The zero-order valence-corrected chi connectivity index (χ0v) is 16.5. The van der Waals surface area contributed by atoms with Crippen LogP contribution in [-0.2, 0) is 12.5 Å². The second-order valence-corrected chi connectivity index (χ2v) is 8.42. The molecule has 144 valence electrons. The second-order valence-electron chi connectivity index (χ2n) is 8.42. The molecule has 0 radical (unpaired) electrons. The summed E-state index contributed by atoms with van der Waals surface area (Å²) in [5.41, 5.74) is 0.761. The molecule has 7 nitrogen and oxygen atoms in total. The number of rotatable bonds is 6. The van der Waals surface area contributed by atoms with Crippen molar-refractivity contribution < 1.29 is 5.11 Å². The van der Waals surface area contributed by atoms with Gasteiger partial charge in [0, 0.05) is 32.2 Å². The Balaban J connectivity index is 1.63. The molecule has 1 unspecified atom stereocenters. The quantitative estimate of drug-likeness (QED) is 0.769. The molecule has 3 rings (SSSR count). The Labute approximate surface area is 155 Å². The molecular weight excluding hydrogens is 328 g/mol. The standard InChI is InChI=1S/C19H32N6O/c1-19(2,3)18-22-16(15-11-21-24(4)17(15)23-18)20-8-6-10-25-9-5-7-14(12-25)13-26/h11,14,26H,5-10,12-13H2,1-4H3,(H,20,22,23). The van der Waals surface area contributed by atoms with Crippen molar-refractivity contribution in [2.24, 2.45) is 13.0 Å². The average Bonchev–Trinajstić information content (AvgIpc) is 2.99. The van der Waals surface area contributed by atoms with Gasteiger partial charge in [0.1, 0.15) is 11.6 Å². The largest absolute Gasteiger partial charge is 0.396 e. The lowest BCUT2D eigenvalue weighted by Crippen LogP contribution is -2.37. The number of aromatic nitrogens is 4. The van der Waals surface area contributed by atoms with E-state index in [0.717, 1.165) is 61.7 Å². The Hall–Kier alpha value is -1.73. The number of fused-ring (bicyclic) bond motifs is 1. The molecule has 0 bridgehead atoms. The fraction of sp³-hybridized carbons (Fsp3) is 0.737. The van der Waals surface area contributed by atoms with Crippen molar-refractivity contribution >= 4 is 16.9 Å². The zero-order chi connectivity index (χ0) is 18.7. The number of piperidine rings is 1. The molecular formula is C19H32N6O. The van der Waals surface area contributed by atoms with Crippen LogP contribution >= 0.6 is 0 Å². The van der Waals surface area contributed by atoms with E-state index in [1.165, 1.54) is 6.42 Å². The molecule has 0 aliphatic carbocycles. The summed E-state index contributed by atoms with van der Waals surface area (Å²) in [4.78, 5) is 11.9. The summed E-state index contributed by atoms with van der Waals surface area (Å²) in [7, 11) is 1.92. The van der Waals surface area contributed by atoms with Crippen LogP contribution in [0.1, 0.15) is 45.9 Å². The number of aliphatic hydroxyl groups excluding tert-OH is 1. The van der Waals surface area contributed by atoms with Gasteiger partial charge in [-0.3, -0.25) is 4.68 Å². The fourth-order valence-corrected chi connectivity index (χ4v) is 3.51. The summed E-state index contributed by atoms with van der Waals surface area (Å²) in [5.74, 6) is 2.15. The highest BCUT2D eigenvalue weighted by Crippen LogP contribution is 2.25. The monoisotopic (exact) mass is 360 g/mol. The molecule has 2 aromatic heterocycles. The van der Waals surface area contributed by atoms with Gasteiger partial charge in [0.2, 0.25) is 0 Å². The minimum Gasteiger partial charge on any atom is -0.396 e. The van der Waals surface area contributed by atoms with Gasteiger partial charge in [-0.25, -0.2) is 9.97 Å². The van der Waals surface area contributed by atoms with Gasteiger partial charge in [0.25, 0.3) is 0 Å². The van der Waals surface area contributed by atoms with E-state index in [1.807, 2.05) is 13.2 Å². The highest BCUT2D eigenvalue weighted by Gasteiger charge is 2.21. The third-order valence-electron chi connectivity index (χ3n) is 5.07. The van der Waals surface area contributed by atoms with Crippen molar-refractivity contribution in [1.82, 2.24) is 24.6 Å². The van der Waals surface area contributed by atoms with Crippen LogP contribution in [-0.4, -0.2) is 62.5 Å². The Morgan fingerprint density at radius 3 is 2.85 bits per heavy atom. The molecule has 2 N–H and O–H groups in total. The van der Waals surface area contributed by atoms with Crippen LogP contribution in [0.3, 0.4) is 0 Å². The van der Waals surface area contributed by atoms with Crippen molar-refractivity contribution in [2.75, 3.05) is 38.1 Å². The Morgan fingerprint density at radius 1 is 1.31 bits per heavy atom. The first-order valence-electron chi connectivity index (χ1n) is 9.66. The first-order chi connectivity index (χ1) is 12.4. The van der Waals surface area contributed by atoms with Crippen molar-refractivity contribution in [3.8, 4) is 0 Å². The van der Waals surface area contributed by atoms with E-state index >= 15 is 0 Å². The summed E-state index contributed by atoms with van der Waals surface area (Å²) in [5, 5.41) is 18.2. The smallest absolute Gasteiger partial charge is 0.163 e. The van der Waals surface area contributed by atoms with E-state index in [9.17, 15) is 5.11 Å². The number of hydrogen-bond donors (Lipinski definition) is 2. The number of anilines is 1. The summed E-state index contributed by atoms with van der Waals surface area (Å²) in [6, 6.07) is 0. The normalized spacial score (nSPS) is 19.2. The third-order valence-corrected chi connectivity index (χ3v) is 5.07. The molecule has 1 aliphatic heterocycles. The van der Waals surface area contributed by atoms with Gasteiger partial charge >= 0.3 is 0 Å². The predicted octanol–water partition coefficient (Wildman–Crippen LogP) is 2.17. The zero-order valence-electron chi connectivity index (χ0n) is 16.5. The molecule has 0 aromatic carbocycles. The van der Waals surface area contributed by atoms with E-state index < -0.39 is 0 Å². The first kappa shape index (κ1) is 19.0. The minimum atomic E-state index is -0.109. The third kappa shape index (κ3) is 4.32. The highest BCUT2D eigenvalue weighted by atomic mass is 16.3. The predicted molar refractivity (Wildman–Crippen MR) is 104 cm³/mol. The fourth-order valence-electron chi connectivity index (χ4n) is 3.51. The Kier molecular flexibility index (Phi) is 5.77. The summed E-state index contributed by atoms with van der Waals surface area (Å²) >= 11 is 0. The average molecular weight is 361 g/mol. The van der Waals surface area contributed by atoms with Crippen molar-refractivity contribution in [3.63, 3.8) is 0 Å². The lowest BCUT2D eigenvalue weighted by molar-refractivity contribution is 0.120. The number of nitrogens with zero attached hydrogens (tertiary/aromatic N) is 5. The maximum absolute atomic E-state index is 9.36. The van der Waals surface area contributed by atoms with E-state index in [4.69, 9.17) is 9.97 Å². The minimum absolute atomic E-state index is 0.109. The van der Waals surface area contributed by atoms with Gasteiger partial charge < -0.3 is 15.3 Å². The number of aliphatic hydroxyl groups is 1. The summed E-state index contributed by atoms with van der Waals surface area (Å²) < 4.78 is 1.81. The van der Waals surface area contributed by atoms with Gasteiger partial charge in [0.15, 0.2) is 5.65 Å². The molecule has 1 fully saturated rings. The molecule has 7 heteroatoms. The SMILES string of the molecule is Cn1ncc2c(NCCCN3CCCC(CO)C3)nc(C(C)(C)C)nc21. The van der Waals surface area contributed by atoms with E-state index in [-0.39, 0.29) is 5.41 Å². The topological polar surface area (TPSA) is 79.1 Å². The van der Waals surface area contributed by atoms with Crippen LogP contribution in [0.5, 0.6) is 0 Å². The van der Waals surface area contributed by atoms with Crippen LogP contribution in [0.25, 0.3) is 11.0 Å². The maximum atomic E-state index is 9.36. The van der Waals surface area contributed by atoms with Crippen molar-refractivity contribution in [2.45, 2.75) is 45.4 Å². The first-order valence-corrected chi connectivity index (χ1v) is 9.66. The van der Waals surface area contributed by atoms with Gasteiger partial charge in [-0.1, -0.05) is 20.8 Å². The lowest BCUT2D eigenvalue weighted by atomic mass is 9.95. The molecule has 2 aromatic rings. The molecule has 1 saturated heterocycles. The molecule has 26 heavy (non-hydrogen) atoms. The van der Waals surface area contributed by atoms with Crippen molar-refractivity contribution in [1.29, 1.82) is 0 Å². The Morgan fingerprint density at radius 2 is 2.12 bits per heavy atom. The van der Waals surface area contributed by atoms with Gasteiger partial charge in [-0.05, 0) is 38.3 Å².